The molecule has 0 radical (unpaired) electrons. The molecule has 0 aliphatic rings. The average Bonchev–Trinajstić information content (AvgIpc) is 3.07. The van der Waals surface area contributed by atoms with Crippen molar-refractivity contribution in [2.24, 2.45) is 4.99 Å². The molecule has 0 saturated carbocycles. The van der Waals surface area contributed by atoms with E-state index in [1.54, 1.807) is 42.6 Å². The topological polar surface area (TPSA) is 91.8 Å². The Bertz CT molecular complexity index is 852. The van der Waals surface area contributed by atoms with Crippen LogP contribution in [0.5, 0.6) is 0 Å². The van der Waals surface area contributed by atoms with Gasteiger partial charge in [-0.1, -0.05) is 12.1 Å². The van der Waals surface area contributed by atoms with Crippen molar-refractivity contribution in [1.29, 1.82) is 0 Å². The Labute approximate surface area is 188 Å². The molecule has 0 saturated heterocycles. The van der Waals surface area contributed by atoms with E-state index in [-0.39, 0.29) is 35.4 Å². The number of nitrogens with one attached hydrogen (secondary N) is 3. The quantitative estimate of drug-likeness (QED) is 0.198. The van der Waals surface area contributed by atoms with Crippen LogP contribution in [0.2, 0.25) is 0 Å². The molecule has 10 heteroatoms. The molecule has 0 bridgehead atoms. The van der Waals surface area contributed by atoms with Gasteiger partial charge in [0, 0.05) is 37.0 Å². The summed E-state index contributed by atoms with van der Waals surface area (Å²) in [6.45, 7) is 3.91. The zero-order chi connectivity index (χ0) is 19.7. The SMILES string of the molecule is CN=C(NCc1ccc(S(=O)(=O)NCCOC)cc1)NCc1ccc(C)s1.I. The number of nitrogens with zero attached hydrogens (tertiary/aromatic N) is 1. The molecule has 0 spiro atoms. The number of hydrogen-bond donors (Lipinski definition) is 3. The zero-order valence-electron chi connectivity index (χ0n) is 16.2. The number of halogens is 1. The molecule has 7 nitrogen and oxygen atoms in total. The summed E-state index contributed by atoms with van der Waals surface area (Å²) < 4.78 is 31.6. The highest BCUT2D eigenvalue weighted by Crippen LogP contribution is 2.14. The third-order valence-electron chi connectivity index (χ3n) is 3.74. The molecule has 1 heterocycles. The van der Waals surface area contributed by atoms with E-state index < -0.39 is 10.0 Å². The first-order chi connectivity index (χ1) is 12.9. The zero-order valence-corrected chi connectivity index (χ0v) is 20.2. The molecular formula is C18H27IN4O3S2. The highest BCUT2D eigenvalue weighted by atomic mass is 127. The minimum atomic E-state index is -3.51. The van der Waals surface area contributed by atoms with Crippen LogP contribution in [-0.4, -0.2) is 41.7 Å². The number of benzene rings is 1. The summed E-state index contributed by atoms with van der Waals surface area (Å²) >= 11 is 1.75. The molecule has 3 N–H and O–H groups in total. The molecule has 1 aromatic heterocycles. The van der Waals surface area contributed by atoms with Gasteiger partial charge in [-0.25, -0.2) is 13.1 Å². The lowest BCUT2D eigenvalue weighted by Crippen LogP contribution is -2.36. The van der Waals surface area contributed by atoms with Crippen LogP contribution < -0.4 is 15.4 Å². The van der Waals surface area contributed by atoms with Crippen LogP contribution in [-0.2, 0) is 27.8 Å². The molecule has 0 aliphatic carbocycles. The second kappa shape index (κ2) is 12.4. The summed E-state index contributed by atoms with van der Waals surface area (Å²) in [6, 6.07) is 11.0. The van der Waals surface area contributed by atoms with Gasteiger partial charge in [0.05, 0.1) is 18.0 Å². The Balaban J connectivity index is 0.00000392. The maximum atomic E-state index is 12.1. The van der Waals surface area contributed by atoms with Crippen molar-refractivity contribution in [1.82, 2.24) is 15.4 Å². The normalized spacial score (nSPS) is 11.8. The van der Waals surface area contributed by atoms with Crippen LogP contribution in [0, 0.1) is 6.92 Å². The monoisotopic (exact) mass is 538 g/mol. The van der Waals surface area contributed by atoms with E-state index in [1.165, 1.54) is 16.9 Å². The summed E-state index contributed by atoms with van der Waals surface area (Å²) in [5.74, 6) is 0.694. The number of methoxy groups -OCH3 is 1. The van der Waals surface area contributed by atoms with Crippen molar-refractivity contribution in [3.05, 3.63) is 51.7 Å². The Morgan fingerprint density at radius 1 is 1.11 bits per heavy atom. The Morgan fingerprint density at radius 3 is 2.36 bits per heavy atom. The summed E-state index contributed by atoms with van der Waals surface area (Å²) in [5, 5.41) is 6.49. The summed E-state index contributed by atoms with van der Waals surface area (Å²) in [5.41, 5.74) is 0.959. The highest BCUT2D eigenvalue weighted by molar-refractivity contribution is 14.0. The van der Waals surface area contributed by atoms with Crippen LogP contribution >= 0.6 is 35.3 Å². The maximum absolute atomic E-state index is 12.1. The third-order valence-corrected chi connectivity index (χ3v) is 6.22. The summed E-state index contributed by atoms with van der Waals surface area (Å²) in [7, 11) is -0.261. The molecule has 28 heavy (non-hydrogen) atoms. The third kappa shape index (κ3) is 8.03. The van der Waals surface area contributed by atoms with E-state index in [0.717, 1.165) is 5.56 Å². The van der Waals surface area contributed by atoms with Crippen LogP contribution in [0.25, 0.3) is 0 Å². The van der Waals surface area contributed by atoms with Crippen molar-refractivity contribution in [2.45, 2.75) is 24.9 Å². The number of guanidine groups is 1. The fraction of sp³-hybridized carbons (Fsp3) is 0.389. The first-order valence-electron chi connectivity index (χ1n) is 8.52. The smallest absolute Gasteiger partial charge is 0.240 e. The van der Waals surface area contributed by atoms with Gasteiger partial charge in [-0.05, 0) is 36.8 Å². The molecular weight excluding hydrogens is 511 g/mol. The minimum Gasteiger partial charge on any atom is -0.383 e. The second-order valence-corrected chi connectivity index (χ2v) is 8.97. The number of aliphatic imine (C=N–C) groups is 1. The number of thiophene rings is 1. The molecule has 2 aromatic rings. The standard InChI is InChI=1S/C18H26N4O3S2.HI/c1-14-4-7-16(26-14)13-21-18(19-2)20-12-15-5-8-17(9-6-15)27(23,24)22-10-11-25-3;/h4-9,22H,10-13H2,1-3H3,(H2,19,20,21);1H. The van der Waals surface area contributed by atoms with Crippen molar-refractivity contribution in [2.75, 3.05) is 27.3 Å². The van der Waals surface area contributed by atoms with Crippen LogP contribution in [0.1, 0.15) is 15.3 Å². The van der Waals surface area contributed by atoms with Crippen molar-refractivity contribution in [3.63, 3.8) is 0 Å². The molecule has 0 aliphatic heterocycles. The van der Waals surface area contributed by atoms with Crippen molar-refractivity contribution in [3.8, 4) is 0 Å². The van der Waals surface area contributed by atoms with Gasteiger partial charge < -0.3 is 15.4 Å². The van der Waals surface area contributed by atoms with Gasteiger partial charge in [0.2, 0.25) is 10.0 Å². The van der Waals surface area contributed by atoms with Gasteiger partial charge in [-0.15, -0.1) is 35.3 Å². The maximum Gasteiger partial charge on any atom is 0.240 e. The number of rotatable bonds is 9. The van der Waals surface area contributed by atoms with Gasteiger partial charge >= 0.3 is 0 Å². The lowest BCUT2D eigenvalue weighted by molar-refractivity contribution is 0.204. The Hall–Kier alpha value is -1.21. The van der Waals surface area contributed by atoms with E-state index >= 15 is 0 Å². The minimum absolute atomic E-state index is 0. The van der Waals surface area contributed by atoms with Crippen LogP contribution in [0.3, 0.4) is 0 Å². The van der Waals surface area contributed by atoms with E-state index in [2.05, 4.69) is 39.4 Å². The largest absolute Gasteiger partial charge is 0.383 e. The van der Waals surface area contributed by atoms with Gasteiger partial charge in [0.25, 0.3) is 0 Å². The number of aryl methyl sites for hydroxylation is 1. The molecule has 1 aromatic carbocycles. The predicted octanol–water partition coefficient (Wildman–Crippen LogP) is 2.46. The van der Waals surface area contributed by atoms with Crippen molar-refractivity contribution >= 4 is 51.3 Å². The highest BCUT2D eigenvalue weighted by Gasteiger charge is 2.12. The van der Waals surface area contributed by atoms with Crippen molar-refractivity contribution < 1.29 is 13.2 Å². The first kappa shape index (κ1) is 24.8. The molecule has 156 valence electrons. The van der Waals surface area contributed by atoms with Gasteiger partial charge in [-0.2, -0.15) is 0 Å². The fourth-order valence-corrected chi connectivity index (χ4v) is 4.15. The van der Waals surface area contributed by atoms with Crippen LogP contribution in [0.15, 0.2) is 46.3 Å². The Morgan fingerprint density at radius 2 is 1.79 bits per heavy atom. The second-order valence-electron chi connectivity index (χ2n) is 5.83. The lowest BCUT2D eigenvalue weighted by atomic mass is 10.2. The van der Waals surface area contributed by atoms with Gasteiger partial charge in [-0.3, -0.25) is 4.99 Å². The van der Waals surface area contributed by atoms with E-state index in [0.29, 0.717) is 25.7 Å². The number of sulfonamides is 1. The summed E-state index contributed by atoms with van der Waals surface area (Å²) in [6.07, 6.45) is 0. The molecule has 0 unspecified atom stereocenters. The molecule has 2 rings (SSSR count). The average molecular weight is 538 g/mol. The molecule has 0 fully saturated rings. The van der Waals surface area contributed by atoms with Gasteiger partial charge in [0.15, 0.2) is 5.96 Å². The van der Waals surface area contributed by atoms with E-state index in [4.69, 9.17) is 4.74 Å². The van der Waals surface area contributed by atoms with E-state index in [9.17, 15) is 8.42 Å². The number of hydrogen-bond acceptors (Lipinski definition) is 5. The predicted molar refractivity (Wildman–Crippen MR) is 125 cm³/mol. The first-order valence-corrected chi connectivity index (χ1v) is 10.8. The van der Waals surface area contributed by atoms with Crippen LogP contribution in [0.4, 0.5) is 0 Å². The lowest BCUT2D eigenvalue weighted by Gasteiger charge is -2.12. The Kier molecular flexibility index (Phi) is 11.0. The number of ether oxygens (including phenoxy) is 1. The van der Waals surface area contributed by atoms with E-state index in [1.807, 2.05) is 0 Å². The summed E-state index contributed by atoms with van der Waals surface area (Å²) in [4.78, 5) is 6.96. The molecule has 0 amide bonds. The van der Waals surface area contributed by atoms with Gasteiger partial charge in [0.1, 0.15) is 0 Å². The fourth-order valence-electron chi connectivity index (χ4n) is 2.31. The molecule has 0 atom stereocenters.